The van der Waals surface area contributed by atoms with Crippen molar-refractivity contribution in [1.29, 1.82) is 0 Å². The normalized spacial score (nSPS) is 20.1. The predicted molar refractivity (Wildman–Crippen MR) is 97.5 cm³/mol. The minimum atomic E-state index is 0. The van der Waals surface area contributed by atoms with Crippen LogP contribution >= 0.6 is 24.0 Å². The average Bonchev–Trinajstić information content (AvgIpc) is 3.23. The lowest BCUT2D eigenvalue weighted by Gasteiger charge is -2.41. The molecule has 2 aliphatic carbocycles. The summed E-state index contributed by atoms with van der Waals surface area (Å²) in [6.07, 6.45) is 6.80. The number of methoxy groups -OCH3 is 1. The fraction of sp³-hybridized carbons (Fsp3) is 0.562. The minimum Gasteiger partial charge on any atom is -0.497 e. The van der Waals surface area contributed by atoms with Gasteiger partial charge in [0.25, 0.3) is 0 Å². The lowest BCUT2D eigenvalue weighted by Crippen LogP contribution is -2.36. The highest BCUT2D eigenvalue weighted by molar-refractivity contribution is 14.0. The van der Waals surface area contributed by atoms with Gasteiger partial charge in [-0.3, -0.25) is 4.99 Å². The highest BCUT2D eigenvalue weighted by Gasteiger charge is 2.48. The van der Waals surface area contributed by atoms with Crippen LogP contribution in [-0.4, -0.2) is 19.6 Å². The molecule has 1 aromatic carbocycles. The summed E-state index contributed by atoms with van der Waals surface area (Å²) < 4.78 is 5.13. The minimum absolute atomic E-state index is 0. The van der Waals surface area contributed by atoms with Crippen LogP contribution in [0.2, 0.25) is 0 Å². The molecule has 1 aromatic rings. The molecule has 0 spiro atoms. The molecule has 3 rings (SSSR count). The number of guanidine groups is 1. The van der Waals surface area contributed by atoms with Crippen molar-refractivity contribution in [1.82, 2.24) is 0 Å². The predicted octanol–water partition coefficient (Wildman–Crippen LogP) is 3.62. The zero-order chi connectivity index (χ0) is 14.0. The van der Waals surface area contributed by atoms with E-state index in [4.69, 9.17) is 10.5 Å². The monoisotopic (exact) mass is 401 g/mol. The van der Waals surface area contributed by atoms with Crippen molar-refractivity contribution in [2.24, 2.45) is 22.1 Å². The number of nitrogens with zero attached hydrogens (tertiary/aromatic N) is 1. The van der Waals surface area contributed by atoms with Gasteiger partial charge in [-0.2, -0.15) is 0 Å². The van der Waals surface area contributed by atoms with E-state index in [0.717, 1.165) is 23.9 Å². The summed E-state index contributed by atoms with van der Waals surface area (Å²) in [5.41, 5.74) is 7.41. The van der Waals surface area contributed by atoms with Crippen molar-refractivity contribution >= 4 is 35.6 Å². The highest BCUT2D eigenvalue weighted by Crippen LogP contribution is 2.57. The summed E-state index contributed by atoms with van der Waals surface area (Å²) in [6.45, 7) is 0.882. The van der Waals surface area contributed by atoms with Gasteiger partial charge in [0, 0.05) is 12.2 Å². The molecule has 0 radical (unpaired) electrons. The van der Waals surface area contributed by atoms with E-state index in [1.165, 1.54) is 32.1 Å². The van der Waals surface area contributed by atoms with Crippen LogP contribution in [0.3, 0.4) is 0 Å². The third-order valence-corrected chi connectivity index (χ3v) is 4.72. The molecule has 2 aliphatic rings. The first-order valence-electron chi connectivity index (χ1n) is 7.43. The van der Waals surface area contributed by atoms with Crippen LogP contribution in [0.15, 0.2) is 29.3 Å². The summed E-state index contributed by atoms with van der Waals surface area (Å²) >= 11 is 0. The topological polar surface area (TPSA) is 59.6 Å². The number of rotatable bonds is 5. The lowest BCUT2D eigenvalue weighted by molar-refractivity contribution is 0.113. The maximum atomic E-state index is 5.99. The zero-order valence-electron chi connectivity index (χ0n) is 12.5. The summed E-state index contributed by atoms with van der Waals surface area (Å²) in [5.74, 6) is 2.27. The van der Waals surface area contributed by atoms with E-state index in [2.05, 4.69) is 10.3 Å². The molecule has 116 valence electrons. The van der Waals surface area contributed by atoms with Gasteiger partial charge in [0.2, 0.25) is 0 Å². The van der Waals surface area contributed by atoms with Crippen molar-refractivity contribution in [3.63, 3.8) is 0 Å². The van der Waals surface area contributed by atoms with Gasteiger partial charge in [-0.25, -0.2) is 0 Å². The molecule has 0 amide bonds. The average molecular weight is 401 g/mol. The van der Waals surface area contributed by atoms with E-state index >= 15 is 0 Å². The smallest absolute Gasteiger partial charge is 0.193 e. The molecule has 21 heavy (non-hydrogen) atoms. The molecule has 0 aromatic heterocycles. The molecule has 2 saturated carbocycles. The van der Waals surface area contributed by atoms with Crippen LogP contribution in [0.4, 0.5) is 5.69 Å². The zero-order valence-corrected chi connectivity index (χ0v) is 14.8. The Balaban J connectivity index is 0.00000161. The number of halogens is 1. The summed E-state index contributed by atoms with van der Waals surface area (Å²) in [6, 6.07) is 7.71. The van der Waals surface area contributed by atoms with Crippen LogP contribution in [0.1, 0.15) is 32.1 Å². The number of anilines is 1. The Morgan fingerprint density at radius 3 is 2.48 bits per heavy atom. The standard InChI is InChI=1S/C16H23N3O.HI/c1-20-14-7-5-13(6-8-14)19-15(17)18-11-16(9-2-10-16)12-3-4-12;/h5-8,12H,2-4,9-11H2,1H3,(H3,17,18,19);1H. The quantitative estimate of drug-likeness (QED) is 0.450. The van der Waals surface area contributed by atoms with Gasteiger partial charge in [-0.1, -0.05) is 6.42 Å². The number of aliphatic imine (C=N–C) groups is 1. The molecule has 0 bridgehead atoms. The van der Waals surface area contributed by atoms with Gasteiger partial charge >= 0.3 is 0 Å². The Kier molecular flexibility index (Phi) is 5.35. The van der Waals surface area contributed by atoms with Crippen molar-refractivity contribution in [3.8, 4) is 5.75 Å². The summed E-state index contributed by atoms with van der Waals surface area (Å²) in [5, 5.41) is 3.15. The molecule has 0 saturated heterocycles. The largest absolute Gasteiger partial charge is 0.497 e. The number of hydrogen-bond donors (Lipinski definition) is 2. The van der Waals surface area contributed by atoms with E-state index in [9.17, 15) is 0 Å². The first-order chi connectivity index (χ1) is 9.72. The number of hydrogen-bond acceptors (Lipinski definition) is 2. The highest BCUT2D eigenvalue weighted by atomic mass is 127. The van der Waals surface area contributed by atoms with Crippen LogP contribution in [0, 0.1) is 11.3 Å². The SMILES string of the molecule is COc1ccc(NC(N)=NCC2(C3CC3)CCC2)cc1.I. The Hall–Kier alpha value is -0.980. The Bertz CT molecular complexity index is 493. The van der Waals surface area contributed by atoms with Crippen LogP contribution < -0.4 is 15.8 Å². The molecule has 4 nitrogen and oxygen atoms in total. The molecule has 0 unspecified atom stereocenters. The second-order valence-corrected chi connectivity index (χ2v) is 6.05. The molecular weight excluding hydrogens is 377 g/mol. The summed E-state index contributed by atoms with van der Waals surface area (Å²) in [4.78, 5) is 4.57. The maximum Gasteiger partial charge on any atom is 0.193 e. The summed E-state index contributed by atoms with van der Waals surface area (Å²) in [7, 11) is 1.66. The molecule has 0 aliphatic heterocycles. The van der Waals surface area contributed by atoms with Crippen molar-refractivity contribution in [2.45, 2.75) is 32.1 Å². The van der Waals surface area contributed by atoms with E-state index < -0.39 is 0 Å². The van der Waals surface area contributed by atoms with Crippen LogP contribution in [0.5, 0.6) is 5.75 Å². The van der Waals surface area contributed by atoms with Crippen LogP contribution in [-0.2, 0) is 0 Å². The van der Waals surface area contributed by atoms with E-state index in [0.29, 0.717) is 11.4 Å². The molecule has 0 atom stereocenters. The second kappa shape index (κ2) is 6.85. The van der Waals surface area contributed by atoms with Crippen molar-refractivity contribution < 1.29 is 4.74 Å². The van der Waals surface area contributed by atoms with Gasteiger partial charge in [0.05, 0.1) is 7.11 Å². The fourth-order valence-corrected chi connectivity index (χ4v) is 3.13. The van der Waals surface area contributed by atoms with Gasteiger partial charge in [-0.15, -0.1) is 24.0 Å². The fourth-order valence-electron chi connectivity index (χ4n) is 3.13. The van der Waals surface area contributed by atoms with Gasteiger partial charge < -0.3 is 15.8 Å². The number of nitrogens with two attached hydrogens (primary N) is 1. The number of ether oxygens (including phenoxy) is 1. The molecule has 5 heteroatoms. The van der Waals surface area contributed by atoms with Gasteiger partial charge in [-0.05, 0) is 61.3 Å². The Morgan fingerprint density at radius 1 is 1.33 bits per heavy atom. The lowest BCUT2D eigenvalue weighted by atomic mass is 9.65. The molecular formula is C16H24IN3O. The molecule has 2 fully saturated rings. The van der Waals surface area contributed by atoms with E-state index in [1.54, 1.807) is 7.11 Å². The Morgan fingerprint density at radius 2 is 2.00 bits per heavy atom. The van der Waals surface area contributed by atoms with Crippen molar-refractivity contribution in [3.05, 3.63) is 24.3 Å². The third-order valence-electron chi connectivity index (χ3n) is 4.72. The van der Waals surface area contributed by atoms with Crippen LogP contribution in [0.25, 0.3) is 0 Å². The first kappa shape index (κ1) is 16.4. The Labute approximate surface area is 143 Å². The third kappa shape index (κ3) is 3.81. The first-order valence-corrected chi connectivity index (χ1v) is 7.43. The van der Waals surface area contributed by atoms with E-state index in [-0.39, 0.29) is 24.0 Å². The molecule has 3 N–H and O–H groups in total. The van der Waals surface area contributed by atoms with Crippen molar-refractivity contribution in [2.75, 3.05) is 19.0 Å². The van der Waals surface area contributed by atoms with Gasteiger partial charge in [0.1, 0.15) is 5.75 Å². The maximum absolute atomic E-state index is 5.99. The van der Waals surface area contributed by atoms with E-state index in [1.807, 2.05) is 24.3 Å². The number of nitrogens with one attached hydrogen (secondary N) is 1. The number of benzene rings is 1. The second-order valence-electron chi connectivity index (χ2n) is 6.05. The molecule has 0 heterocycles. The van der Waals surface area contributed by atoms with Gasteiger partial charge in [0.15, 0.2) is 5.96 Å².